The first-order valence-corrected chi connectivity index (χ1v) is 8.58. The number of hydrogen-bond acceptors (Lipinski definition) is 2. The molecule has 0 fully saturated rings. The van der Waals surface area contributed by atoms with Crippen LogP contribution >= 0.6 is 0 Å². The highest BCUT2D eigenvalue weighted by Gasteiger charge is 2.26. The van der Waals surface area contributed by atoms with E-state index in [1.54, 1.807) is 0 Å². The van der Waals surface area contributed by atoms with Crippen LogP contribution < -0.4 is 0 Å². The summed E-state index contributed by atoms with van der Waals surface area (Å²) in [6, 6.07) is 11.8. The van der Waals surface area contributed by atoms with Crippen LogP contribution in [0.3, 0.4) is 0 Å². The fourth-order valence-electron chi connectivity index (χ4n) is 2.98. The van der Waals surface area contributed by atoms with Crippen LogP contribution in [0.2, 0.25) is 0 Å². The van der Waals surface area contributed by atoms with Gasteiger partial charge in [-0.3, -0.25) is 9.59 Å². The van der Waals surface area contributed by atoms with Gasteiger partial charge in [0.15, 0.2) is 0 Å². The molecular weight excluding hydrogens is 316 g/mol. The van der Waals surface area contributed by atoms with Gasteiger partial charge in [0.05, 0.1) is 5.56 Å². The highest BCUT2D eigenvalue weighted by Crippen LogP contribution is 2.20. The van der Waals surface area contributed by atoms with E-state index in [9.17, 15) is 9.59 Å². The standard InChI is InChI=1S/C20H26N2O3/c1-5-14(2)22(13-19(23)24)20(25)18-11-15(3)21(16(18)4)12-17-9-7-6-8-10-17/h6-11,14H,5,12-13H2,1-4H3,(H,23,24). The van der Waals surface area contributed by atoms with Crippen LogP contribution in [-0.2, 0) is 11.3 Å². The molecule has 0 aliphatic carbocycles. The minimum absolute atomic E-state index is 0.124. The minimum Gasteiger partial charge on any atom is -0.480 e. The second kappa shape index (κ2) is 8.01. The molecule has 1 aromatic carbocycles. The molecule has 1 N–H and O–H groups in total. The van der Waals surface area contributed by atoms with Gasteiger partial charge in [-0.05, 0) is 38.8 Å². The molecule has 2 aromatic rings. The smallest absolute Gasteiger partial charge is 0.323 e. The van der Waals surface area contributed by atoms with Gasteiger partial charge < -0.3 is 14.6 Å². The van der Waals surface area contributed by atoms with Gasteiger partial charge in [0.25, 0.3) is 5.91 Å². The summed E-state index contributed by atoms with van der Waals surface area (Å²) >= 11 is 0. The van der Waals surface area contributed by atoms with Crippen molar-refractivity contribution in [3.8, 4) is 0 Å². The number of amides is 1. The van der Waals surface area contributed by atoms with Gasteiger partial charge in [0.1, 0.15) is 6.54 Å². The second-order valence-electron chi connectivity index (χ2n) is 6.44. The lowest BCUT2D eigenvalue weighted by molar-refractivity contribution is -0.138. The van der Waals surface area contributed by atoms with Gasteiger partial charge >= 0.3 is 5.97 Å². The van der Waals surface area contributed by atoms with E-state index in [1.807, 2.05) is 52.0 Å². The van der Waals surface area contributed by atoms with Gasteiger partial charge in [-0.2, -0.15) is 0 Å². The van der Waals surface area contributed by atoms with Crippen molar-refractivity contribution in [3.63, 3.8) is 0 Å². The molecule has 5 nitrogen and oxygen atoms in total. The summed E-state index contributed by atoms with van der Waals surface area (Å²) in [5.74, 6) is -1.21. The molecule has 1 aromatic heterocycles. The lowest BCUT2D eigenvalue weighted by atomic mass is 10.1. The Hall–Kier alpha value is -2.56. The van der Waals surface area contributed by atoms with Crippen LogP contribution in [0.5, 0.6) is 0 Å². The van der Waals surface area contributed by atoms with E-state index in [0.29, 0.717) is 18.5 Å². The largest absolute Gasteiger partial charge is 0.480 e. The SMILES string of the molecule is CCC(C)N(CC(=O)O)C(=O)c1cc(C)n(Cc2ccccc2)c1C. The van der Waals surface area contributed by atoms with Gasteiger partial charge in [-0.1, -0.05) is 37.3 Å². The molecule has 0 aliphatic rings. The number of benzene rings is 1. The predicted octanol–water partition coefficient (Wildman–Crippen LogP) is 3.48. The quantitative estimate of drug-likeness (QED) is 0.838. The number of aryl methyl sites for hydroxylation is 1. The Kier molecular flexibility index (Phi) is 6.02. The fourth-order valence-corrected chi connectivity index (χ4v) is 2.98. The highest BCUT2D eigenvalue weighted by atomic mass is 16.4. The Morgan fingerprint density at radius 2 is 1.84 bits per heavy atom. The molecular formula is C20H26N2O3. The number of aromatic nitrogens is 1. The zero-order valence-electron chi connectivity index (χ0n) is 15.3. The first-order chi connectivity index (χ1) is 11.8. The van der Waals surface area contributed by atoms with E-state index in [-0.39, 0.29) is 18.5 Å². The number of rotatable bonds is 7. The number of carboxylic acids is 1. The fraction of sp³-hybridized carbons (Fsp3) is 0.400. The Morgan fingerprint density at radius 1 is 1.20 bits per heavy atom. The molecule has 0 aliphatic heterocycles. The highest BCUT2D eigenvalue weighted by molar-refractivity contribution is 5.97. The van der Waals surface area contributed by atoms with Crippen LogP contribution in [0.15, 0.2) is 36.4 Å². The summed E-state index contributed by atoms with van der Waals surface area (Å²) < 4.78 is 2.10. The van der Waals surface area contributed by atoms with Crippen molar-refractivity contribution >= 4 is 11.9 Å². The summed E-state index contributed by atoms with van der Waals surface area (Å²) in [6.07, 6.45) is 0.710. The Morgan fingerprint density at radius 3 is 2.40 bits per heavy atom. The third kappa shape index (κ3) is 4.29. The normalized spacial score (nSPS) is 12.0. The number of carboxylic acid groups (broad SMARTS) is 1. The Bertz CT molecular complexity index is 750. The first-order valence-electron chi connectivity index (χ1n) is 8.58. The van der Waals surface area contributed by atoms with E-state index in [1.165, 1.54) is 4.90 Å². The van der Waals surface area contributed by atoms with Crippen LogP contribution in [0.25, 0.3) is 0 Å². The number of nitrogens with zero attached hydrogens (tertiary/aromatic N) is 2. The summed E-state index contributed by atoms with van der Waals surface area (Å²) in [5, 5.41) is 9.15. The zero-order chi connectivity index (χ0) is 18.6. The maximum atomic E-state index is 13.0. The topological polar surface area (TPSA) is 62.5 Å². The molecule has 1 atom stereocenters. The van der Waals surface area contributed by atoms with Crippen LogP contribution in [0, 0.1) is 13.8 Å². The molecule has 0 saturated carbocycles. The monoisotopic (exact) mass is 342 g/mol. The van der Waals surface area contributed by atoms with E-state index < -0.39 is 5.97 Å². The van der Waals surface area contributed by atoms with Gasteiger partial charge in [-0.15, -0.1) is 0 Å². The second-order valence-corrected chi connectivity index (χ2v) is 6.44. The number of carbonyl (C=O) groups is 2. The summed E-state index contributed by atoms with van der Waals surface area (Å²) in [6.45, 7) is 8.12. The summed E-state index contributed by atoms with van der Waals surface area (Å²) in [5.41, 5.74) is 3.59. The molecule has 1 heterocycles. The Labute approximate surface area is 148 Å². The van der Waals surface area contributed by atoms with E-state index in [2.05, 4.69) is 16.7 Å². The zero-order valence-corrected chi connectivity index (χ0v) is 15.3. The van der Waals surface area contributed by atoms with Crippen LogP contribution in [0.1, 0.15) is 47.6 Å². The van der Waals surface area contributed by atoms with Gasteiger partial charge in [0, 0.05) is 24.0 Å². The first kappa shape index (κ1) is 18.8. The van der Waals surface area contributed by atoms with Crippen LogP contribution in [0.4, 0.5) is 0 Å². The average molecular weight is 342 g/mol. The lowest BCUT2D eigenvalue weighted by Crippen LogP contribution is -2.42. The van der Waals surface area contributed by atoms with Crippen molar-refractivity contribution in [2.45, 2.75) is 46.7 Å². The minimum atomic E-state index is -0.994. The van der Waals surface area contributed by atoms with Gasteiger partial charge in [-0.25, -0.2) is 0 Å². The maximum Gasteiger partial charge on any atom is 0.323 e. The molecule has 2 rings (SSSR count). The summed E-state index contributed by atoms with van der Waals surface area (Å²) in [4.78, 5) is 25.6. The molecule has 0 saturated heterocycles. The molecule has 1 amide bonds. The van der Waals surface area contributed by atoms with Crippen molar-refractivity contribution in [2.75, 3.05) is 6.54 Å². The van der Waals surface area contributed by atoms with E-state index in [0.717, 1.165) is 17.0 Å². The molecule has 1 unspecified atom stereocenters. The molecule has 0 spiro atoms. The van der Waals surface area contributed by atoms with Crippen molar-refractivity contribution in [2.24, 2.45) is 0 Å². The van der Waals surface area contributed by atoms with E-state index in [4.69, 9.17) is 5.11 Å². The average Bonchev–Trinajstić information content (AvgIpc) is 2.87. The molecule has 5 heteroatoms. The number of aliphatic carboxylic acids is 1. The molecule has 0 radical (unpaired) electrons. The van der Waals surface area contributed by atoms with Gasteiger partial charge in [0.2, 0.25) is 0 Å². The van der Waals surface area contributed by atoms with E-state index >= 15 is 0 Å². The predicted molar refractivity (Wildman–Crippen MR) is 97.9 cm³/mol. The molecule has 134 valence electrons. The number of hydrogen-bond donors (Lipinski definition) is 1. The maximum absolute atomic E-state index is 13.0. The molecule has 25 heavy (non-hydrogen) atoms. The van der Waals surface area contributed by atoms with Crippen LogP contribution in [-0.4, -0.2) is 39.0 Å². The third-order valence-electron chi connectivity index (χ3n) is 4.68. The van der Waals surface area contributed by atoms with Crippen molar-refractivity contribution < 1.29 is 14.7 Å². The summed E-state index contributed by atoms with van der Waals surface area (Å²) in [7, 11) is 0. The molecule has 0 bridgehead atoms. The Balaban J connectivity index is 2.34. The van der Waals surface area contributed by atoms with Crippen molar-refractivity contribution in [1.29, 1.82) is 0 Å². The lowest BCUT2D eigenvalue weighted by Gasteiger charge is -2.27. The van der Waals surface area contributed by atoms with Crippen molar-refractivity contribution in [3.05, 3.63) is 58.9 Å². The van der Waals surface area contributed by atoms with Crippen molar-refractivity contribution in [1.82, 2.24) is 9.47 Å². The number of carbonyl (C=O) groups excluding carboxylic acids is 1. The third-order valence-corrected chi connectivity index (χ3v) is 4.68.